The number of carbonyl (C=O) groups is 1. The lowest BCUT2D eigenvalue weighted by Crippen LogP contribution is -2.04. The first kappa shape index (κ1) is 11.8. The van der Waals surface area contributed by atoms with Crippen LogP contribution in [0.2, 0.25) is 5.02 Å². The summed E-state index contributed by atoms with van der Waals surface area (Å²) in [5.41, 5.74) is 1.13. The summed E-state index contributed by atoms with van der Waals surface area (Å²) in [5.74, 6) is -0.601. The third-order valence-electron chi connectivity index (χ3n) is 2.35. The molecule has 0 N–H and O–H groups in total. The van der Waals surface area contributed by atoms with Gasteiger partial charge in [0.15, 0.2) is 5.78 Å². The van der Waals surface area contributed by atoms with Gasteiger partial charge in [0.25, 0.3) is 0 Å². The van der Waals surface area contributed by atoms with E-state index in [1.54, 1.807) is 24.1 Å². The van der Waals surface area contributed by atoms with Crippen LogP contribution in [0.4, 0.5) is 4.39 Å². The maximum atomic E-state index is 12.8. The fourth-order valence-electron chi connectivity index (χ4n) is 1.56. The average Bonchev–Trinajstić information content (AvgIpc) is 2.63. The molecular formula is C12H10ClFN2O. The molecule has 0 saturated carbocycles. The molecule has 0 unspecified atom stereocenters. The number of aryl methyl sites for hydroxylation is 1. The van der Waals surface area contributed by atoms with Crippen LogP contribution in [0.3, 0.4) is 0 Å². The van der Waals surface area contributed by atoms with Crippen molar-refractivity contribution in [3.8, 4) is 0 Å². The SMILES string of the molecule is Cn1cc(CC(=O)c2ccc(F)cc2Cl)cn1. The van der Waals surface area contributed by atoms with Gasteiger partial charge in [0.05, 0.1) is 11.2 Å². The van der Waals surface area contributed by atoms with Crippen molar-refractivity contribution < 1.29 is 9.18 Å². The molecule has 1 aromatic carbocycles. The second-order valence-electron chi connectivity index (χ2n) is 3.75. The molecule has 5 heteroatoms. The van der Waals surface area contributed by atoms with E-state index in [0.717, 1.165) is 11.6 Å². The number of ketones is 1. The second kappa shape index (κ2) is 4.67. The standard InChI is InChI=1S/C12H10ClFN2O/c1-16-7-8(6-15-16)4-12(17)10-3-2-9(14)5-11(10)13/h2-3,5-7H,4H2,1H3. The Morgan fingerprint density at radius 1 is 1.53 bits per heavy atom. The highest BCUT2D eigenvalue weighted by Gasteiger charge is 2.12. The Morgan fingerprint density at radius 2 is 2.29 bits per heavy atom. The Labute approximate surface area is 103 Å². The number of benzene rings is 1. The third-order valence-corrected chi connectivity index (χ3v) is 2.67. The molecule has 0 aliphatic rings. The summed E-state index contributed by atoms with van der Waals surface area (Å²) < 4.78 is 14.5. The van der Waals surface area contributed by atoms with Gasteiger partial charge in [-0.3, -0.25) is 9.48 Å². The lowest BCUT2D eigenvalue weighted by molar-refractivity contribution is 0.0993. The van der Waals surface area contributed by atoms with Crippen LogP contribution in [0.5, 0.6) is 0 Å². The number of carbonyl (C=O) groups excluding carboxylic acids is 1. The van der Waals surface area contributed by atoms with Crippen LogP contribution in [-0.2, 0) is 13.5 Å². The number of nitrogens with zero attached hydrogens (tertiary/aromatic N) is 2. The van der Waals surface area contributed by atoms with Crippen LogP contribution in [-0.4, -0.2) is 15.6 Å². The van der Waals surface area contributed by atoms with E-state index < -0.39 is 5.82 Å². The van der Waals surface area contributed by atoms with Gasteiger partial charge in [-0.2, -0.15) is 5.10 Å². The highest BCUT2D eigenvalue weighted by atomic mass is 35.5. The lowest BCUT2D eigenvalue weighted by atomic mass is 10.1. The van der Waals surface area contributed by atoms with E-state index in [9.17, 15) is 9.18 Å². The van der Waals surface area contributed by atoms with Crippen molar-refractivity contribution in [1.82, 2.24) is 9.78 Å². The van der Waals surface area contributed by atoms with E-state index >= 15 is 0 Å². The van der Waals surface area contributed by atoms with E-state index in [1.807, 2.05) is 0 Å². The molecule has 88 valence electrons. The molecular weight excluding hydrogens is 243 g/mol. The maximum Gasteiger partial charge on any atom is 0.168 e. The number of halogens is 2. The highest BCUT2D eigenvalue weighted by molar-refractivity contribution is 6.34. The summed E-state index contributed by atoms with van der Waals surface area (Å²) in [6.45, 7) is 0. The van der Waals surface area contributed by atoms with E-state index in [4.69, 9.17) is 11.6 Å². The molecule has 0 aliphatic heterocycles. The zero-order valence-corrected chi connectivity index (χ0v) is 9.91. The van der Waals surface area contributed by atoms with Crippen molar-refractivity contribution in [3.63, 3.8) is 0 Å². The van der Waals surface area contributed by atoms with Crippen LogP contribution < -0.4 is 0 Å². The van der Waals surface area contributed by atoms with Crippen LogP contribution in [0.1, 0.15) is 15.9 Å². The molecule has 2 rings (SSSR count). The minimum absolute atomic E-state index is 0.138. The summed E-state index contributed by atoms with van der Waals surface area (Å²) in [7, 11) is 1.78. The van der Waals surface area contributed by atoms with Gasteiger partial charge in [-0.1, -0.05) is 11.6 Å². The molecule has 1 aromatic heterocycles. The summed E-state index contributed by atoms with van der Waals surface area (Å²) >= 11 is 5.81. The van der Waals surface area contributed by atoms with E-state index in [2.05, 4.69) is 5.10 Å². The quantitative estimate of drug-likeness (QED) is 0.787. The van der Waals surface area contributed by atoms with Gasteiger partial charge >= 0.3 is 0 Å². The van der Waals surface area contributed by atoms with Gasteiger partial charge in [-0.15, -0.1) is 0 Å². The number of rotatable bonds is 3. The minimum atomic E-state index is -0.451. The molecule has 2 aromatic rings. The van der Waals surface area contributed by atoms with Crippen molar-refractivity contribution in [3.05, 3.63) is 52.6 Å². The summed E-state index contributed by atoms with van der Waals surface area (Å²) in [6.07, 6.45) is 3.59. The molecule has 0 saturated heterocycles. The first-order chi connectivity index (χ1) is 8.06. The normalized spacial score (nSPS) is 10.5. The van der Waals surface area contributed by atoms with Gasteiger partial charge in [0.2, 0.25) is 0 Å². The van der Waals surface area contributed by atoms with Crippen molar-refractivity contribution >= 4 is 17.4 Å². The third kappa shape index (κ3) is 2.71. The Morgan fingerprint density at radius 3 is 2.88 bits per heavy atom. The molecule has 1 heterocycles. The smallest absolute Gasteiger partial charge is 0.168 e. The van der Waals surface area contributed by atoms with Gasteiger partial charge in [-0.25, -0.2) is 4.39 Å². The van der Waals surface area contributed by atoms with E-state index in [1.165, 1.54) is 12.1 Å². The van der Waals surface area contributed by atoms with Crippen LogP contribution in [0.25, 0.3) is 0 Å². The Bertz CT molecular complexity index is 565. The number of aromatic nitrogens is 2. The van der Waals surface area contributed by atoms with Crippen molar-refractivity contribution in [2.45, 2.75) is 6.42 Å². The maximum absolute atomic E-state index is 12.8. The molecule has 0 radical (unpaired) electrons. The van der Waals surface area contributed by atoms with Crippen molar-refractivity contribution in [1.29, 1.82) is 0 Å². The lowest BCUT2D eigenvalue weighted by Gasteiger charge is -2.02. The van der Waals surface area contributed by atoms with Gasteiger partial charge in [-0.05, 0) is 23.8 Å². The second-order valence-corrected chi connectivity index (χ2v) is 4.15. The van der Waals surface area contributed by atoms with E-state index in [0.29, 0.717) is 5.56 Å². The minimum Gasteiger partial charge on any atom is -0.294 e. The average molecular weight is 253 g/mol. The zero-order valence-electron chi connectivity index (χ0n) is 9.15. The van der Waals surface area contributed by atoms with E-state index in [-0.39, 0.29) is 17.2 Å². The zero-order chi connectivity index (χ0) is 12.4. The first-order valence-corrected chi connectivity index (χ1v) is 5.40. The molecule has 0 fully saturated rings. The fraction of sp³-hybridized carbons (Fsp3) is 0.167. The van der Waals surface area contributed by atoms with Crippen LogP contribution >= 0.6 is 11.6 Å². The number of hydrogen-bond acceptors (Lipinski definition) is 2. The first-order valence-electron chi connectivity index (χ1n) is 5.02. The van der Waals surface area contributed by atoms with Gasteiger partial charge in [0, 0.05) is 25.2 Å². The highest BCUT2D eigenvalue weighted by Crippen LogP contribution is 2.19. The molecule has 0 atom stereocenters. The monoisotopic (exact) mass is 252 g/mol. The Balaban J connectivity index is 2.20. The largest absolute Gasteiger partial charge is 0.294 e. The van der Waals surface area contributed by atoms with Crippen LogP contribution in [0, 0.1) is 5.82 Å². The molecule has 0 aliphatic carbocycles. The molecule has 0 bridgehead atoms. The summed E-state index contributed by atoms with van der Waals surface area (Å²) in [6, 6.07) is 3.76. The molecule has 17 heavy (non-hydrogen) atoms. The number of Topliss-reactive ketones (excluding diaryl/α,β-unsaturated/α-hetero) is 1. The van der Waals surface area contributed by atoms with Crippen LogP contribution in [0.15, 0.2) is 30.6 Å². The Hall–Kier alpha value is -1.68. The van der Waals surface area contributed by atoms with Gasteiger partial charge < -0.3 is 0 Å². The summed E-state index contributed by atoms with van der Waals surface area (Å²) in [5, 5.41) is 4.11. The fourth-order valence-corrected chi connectivity index (χ4v) is 1.83. The molecule has 3 nitrogen and oxygen atoms in total. The molecule has 0 amide bonds. The molecule has 0 spiro atoms. The predicted octanol–water partition coefficient (Wildman–Crippen LogP) is 2.64. The Kier molecular flexibility index (Phi) is 3.24. The van der Waals surface area contributed by atoms with Crippen molar-refractivity contribution in [2.24, 2.45) is 7.05 Å². The summed E-state index contributed by atoms with van der Waals surface area (Å²) in [4.78, 5) is 11.9. The topological polar surface area (TPSA) is 34.9 Å². The van der Waals surface area contributed by atoms with Gasteiger partial charge in [0.1, 0.15) is 5.82 Å². The number of hydrogen-bond donors (Lipinski definition) is 0. The van der Waals surface area contributed by atoms with Crippen molar-refractivity contribution in [2.75, 3.05) is 0 Å². The predicted molar refractivity (Wildman–Crippen MR) is 62.7 cm³/mol.